The van der Waals surface area contributed by atoms with E-state index in [1.54, 1.807) is 30.3 Å². The Morgan fingerprint density at radius 1 is 1.00 bits per heavy atom. The molecule has 5 nitrogen and oxygen atoms in total. The van der Waals surface area contributed by atoms with Crippen molar-refractivity contribution in [3.8, 4) is 0 Å². The van der Waals surface area contributed by atoms with Crippen molar-refractivity contribution in [2.75, 3.05) is 0 Å². The van der Waals surface area contributed by atoms with Crippen molar-refractivity contribution in [2.24, 2.45) is 0 Å². The molecule has 1 aromatic heterocycles. The summed E-state index contributed by atoms with van der Waals surface area (Å²) in [6.07, 6.45) is 0. The van der Waals surface area contributed by atoms with Crippen molar-refractivity contribution in [3.05, 3.63) is 52.8 Å². The molecule has 106 valence electrons. The largest absolute Gasteiger partial charge is 0.240 e. The van der Waals surface area contributed by atoms with Gasteiger partial charge in [0.2, 0.25) is 10.0 Å². The Bertz CT molecular complexity index is 710. The number of benzene rings is 1. The van der Waals surface area contributed by atoms with Gasteiger partial charge in [-0.2, -0.15) is 10.2 Å². The van der Waals surface area contributed by atoms with E-state index in [1.807, 2.05) is 20.8 Å². The Balaban J connectivity index is 2.14. The molecular formula is C14H17N3O2S. The Morgan fingerprint density at radius 2 is 1.75 bits per heavy atom. The summed E-state index contributed by atoms with van der Waals surface area (Å²) in [5.74, 6) is 0. The number of hydrogen-bond donors (Lipinski definition) is 1. The van der Waals surface area contributed by atoms with E-state index in [9.17, 15) is 8.42 Å². The van der Waals surface area contributed by atoms with Gasteiger partial charge in [-0.25, -0.2) is 13.1 Å². The lowest BCUT2D eigenvalue weighted by Gasteiger charge is -2.08. The fourth-order valence-corrected chi connectivity index (χ4v) is 2.74. The van der Waals surface area contributed by atoms with E-state index in [0.717, 1.165) is 16.8 Å². The van der Waals surface area contributed by atoms with Crippen LogP contribution in [0.25, 0.3) is 0 Å². The molecule has 0 atom stereocenters. The van der Waals surface area contributed by atoms with Gasteiger partial charge in [-0.3, -0.25) is 0 Å². The maximum absolute atomic E-state index is 12.2. The van der Waals surface area contributed by atoms with Gasteiger partial charge in [-0.05, 0) is 56.2 Å². The zero-order valence-electron chi connectivity index (χ0n) is 11.7. The standard InChI is InChI=1S/C14H17N3O2S/c1-10-4-7-14(8-11(10)2)20(18,19)15-9-13-6-5-12(3)16-17-13/h4-8,15H,9H2,1-3H3. The third-order valence-corrected chi connectivity index (χ3v) is 4.48. The van der Waals surface area contributed by atoms with Crippen molar-refractivity contribution in [1.82, 2.24) is 14.9 Å². The molecule has 1 heterocycles. The molecule has 2 aromatic rings. The van der Waals surface area contributed by atoms with Crippen LogP contribution in [0.2, 0.25) is 0 Å². The van der Waals surface area contributed by atoms with Crippen LogP contribution in [0.1, 0.15) is 22.5 Å². The van der Waals surface area contributed by atoms with Crippen LogP contribution >= 0.6 is 0 Å². The fourth-order valence-electron chi connectivity index (χ4n) is 1.65. The van der Waals surface area contributed by atoms with Crippen LogP contribution < -0.4 is 4.72 Å². The summed E-state index contributed by atoms with van der Waals surface area (Å²) in [5, 5.41) is 7.82. The maximum atomic E-state index is 12.2. The molecule has 0 aliphatic rings. The molecule has 0 bridgehead atoms. The summed E-state index contributed by atoms with van der Waals surface area (Å²) in [4.78, 5) is 0.265. The lowest BCUT2D eigenvalue weighted by Crippen LogP contribution is -2.24. The first-order chi connectivity index (χ1) is 9.38. The number of hydrogen-bond acceptors (Lipinski definition) is 4. The Morgan fingerprint density at radius 3 is 2.35 bits per heavy atom. The summed E-state index contributed by atoms with van der Waals surface area (Å²) in [7, 11) is -3.53. The minimum Gasteiger partial charge on any atom is -0.207 e. The molecule has 0 aliphatic carbocycles. The topological polar surface area (TPSA) is 72.0 Å². The molecule has 2 rings (SSSR count). The Hall–Kier alpha value is -1.79. The lowest BCUT2D eigenvalue weighted by molar-refractivity contribution is 0.580. The van der Waals surface area contributed by atoms with Gasteiger partial charge in [0.25, 0.3) is 0 Å². The van der Waals surface area contributed by atoms with Gasteiger partial charge < -0.3 is 0 Å². The normalized spacial score (nSPS) is 11.6. The molecule has 0 unspecified atom stereocenters. The maximum Gasteiger partial charge on any atom is 0.240 e. The number of nitrogens with one attached hydrogen (secondary N) is 1. The first kappa shape index (κ1) is 14.6. The summed E-state index contributed by atoms with van der Waals surface area (Å²) in [5.41, 5.74) is 3.39. The van der Waals surface area contributed by atoms with E-state index < -0.39 is 10.0 Å². The second kappa shape index (κ2) is 5.68. The van der Waals surface area contributed by atoms with E-state index >= 15 is 0 Å². The smallest absolute Gasteiger partial charge is 0.207 e. The third-order valence-electron chi connectivity index (χ3n) is 3.09. The molecule has 0 amide bonds. The average molecular weight is 291 g/mol. The van der Waals surface area contributed by atoms with Crippen molar-refractivity contribution in [1.29, 1.82) is 0 Å². The van der Waals surface area contributed by atoms with Crippen LogP contribution in [0.15, 0.2) is 35.2 Å². The summed E-state index contributed by atoms with van der Waals surface area (Å²) in [6, 6.07) is 8.62. The predicted octanol–water partition coefficient (Wildman–Crippen LogP) is 1.88. The van der Waals surface area contributed by atoms with Crippen molar-refractivity contribution < 1.29 is 8.42 Å². The molecule has 1 N–H and O–H groups in total. The van der Waals surface area contributed by atoms with Gasteiger partial charge in [0.1, 0.15) is 0 Å². The van der Waals surface area contributed by atoms with E-state index in [0.29, 0.717) is 5.69 Å². The van der Waals surface area contributed by atoms with Crippen molar-refractivity contribution in [2.45, 2.75) is 32.2 Å². The van der Waals surface area contributed by atoms with Gasteiger partial charge in [0.05, 0.1) is 22.8 Å². The summed E-state index contributed by atoms with van der Waals surface area (Å²) < 4.78 is 26.9. The monoisotopic (exact) mass is 291 g/mol. The van der Waals surface area contributed by atoms with E-state index in [-0.39, 0.29) is 11.4 Å². The molecule has 0 fully saturated rings. The minimum atomic E-state index is -3.53. The molecule has 1 aromatic carbocycles. The van der Waals surface area contributed by atoms with Crippen LogP contribution in [0.5, 0.6) is 0 Å². The highest BCUT2D eigenvalue weighted by molar-refractivity contribution is 7.89. The summed E-state index contributed by atoms with van der Waals surface area (Å²) >= 11 is 0. The lowest BCUT2D eigenvalue weighted by atomic mass is 10.1. The predicted molar refractivity (Wildman–Crippen MR) is 76.7 cm³/mol. The van der Waals surface area contributed by atoms with Crippen molar-refractivity contribution >= 4 is 10.0 Å². The quantitative estimate of drug-likeness (QED) is 0.933. The van der Waals surface area contributed by atoms with Crippen molar-refractivity contribution in [3.63, 3.8) is 0 Å². The van der Waals surface area contributed by atoms with E-state index in [1.165, 1.54) is 0 Å². The Labute approximate surface area is 119 Å². The molecule has 0 saturated carbocycles. The van der Waals surface area contributed by atoms with Gasteiger partial charge in [0.15, 0.2) is 0 Å². The molecule has 20 heavy (non-hydrogen) atoms. The van der Waals surface area contributed by atoms with E-state index in [2.05, 4.69) is 14.9 Å². The van der Waals surface area contributed by atoms with Gasteiger partial charge in [0, 0.05) is 0 Å². The SMILES string of the molecule is Cc1ccc(CNS(=O)(=O)c2ccc(C)c(C)c2)nn1. The highest BCUT2D eigenvalue weighted by Crippen LogP contribution is 2.14. The second-order valence-electron chi connectivity index (χ2n) is 4.74. The second-order valence-corrected chi connectivity index (χ2v) is 6.50. The molecular weight excluding hydrogens is 274 g/mol. The minimum absolute atomic E-state index is 0.128. The van der Waals surface area contributed by atoms with E-state index in [4.69, 9.17) is 0 Å². The number of aromatic nitrogens is 2. The van der Waals surface area contributed by atoms with Crippen LogP contribution in [0.3, 0.4) is 0 Å². The molecule has 0 radical (unpaired) electrons. The number of sulfonamides is 1. The molecule has 0 aliphatic heterocycles. The first-order valence-corrected chi connectivity index (χ1v) is 7.73. The Kier molecular flexibility index (Phi) is 4.15. The highest BCUT2D eigenvalue weighted by Gasteiger charge is 2.14. The van der Waals surface area contributed by atoms with Gasteiger partial charge in [-0.1, -0.05) is 6.07 Å². The van der Waals surface area contributed by atoms with Gasteiger partial charge in [-0.15, -0.1) is 0 Å². The molecule has 0 saturated heterocycles. The number of rotatable bonds is 4. The van der Waals surface area contributed by atoms with Crippen LogP contribution in [0.4, 0.5) is 0 Å². The van der Waals surface area contributed by atoms with Crippen LogP contribution in [-0.4, -0.2) is 18.6 Å². The highest BCUT2D eigenvalue weighted by atomic mass is 32.2. The third kappa shape index (κ3) is 3.40. The van der Waals surface area contributed by atoms with Gasteiger partial charge >= 0.3 is 0 Å². The average Bonchev–Trinajstić information content (AvgIpc) is 2.41. The van der Waals surface area contributed by atoms with Crippen LogP contribution in [0, 0.1) is 20.8 Å². The molecule has 0 spiro atoms. The number of aryl methyl sites for hydroxylation is 3. The zero-order valence-corrected chi connectivity index (χ0v) is 12.5. The number of nitrogens with zero attached hydrogens (tertiary/aromatic N) is 2. The van der Waals surface area contributed by atoms with Crippen LogP contribution in [-0.2, 0) is 16.6 Å². The summed E-state index contributed by atoms with van der Waals surface area (Å²) in [6.45, 7) is 5.79. The fraction of sp³-hybridized carbons (Fsp3) is 0.286. The zero-order chi connectivity index (χ0) is 14.8. The molecule has 6 heteroatoms. The first-order valence-electron chi connectivity index (χ1n) is 6.24.